The van der Waals surface area contributed by atoms with Gasteiger partial charge in [-0.2, -0.15) is 0 Å². The Hall–Kier alpha value is -0.570. The largest absolute Gasteiger partial charge is 0.481 e. The average Bonchev–Trinajstić information content (AvgIpc) is 2.13. The van der Waals surface area contributed by atoms with Crippen LogP contribution in [-0.4, -0.2) is 36.1 Å². The van der Waals surface area contributed by atoms with Crippen LogP contribution in [0.1, 0.15) is 13.3 Å². The van der Waals surface area contributed by atoms with Gasteiger partial charge in [-0.3, -0.25) is 4.79 Å². The van der Waals surface area contributed by atoms with E-state index in [0.717, 1.165) is 13.0 Å². The SMILES string of the molecule is CN1CC[C@](C)(C(=O)O)C1. The summed E-state index contributed by atoms with van der Waals surface area (Å²) < 4.78 is 0. The number of carboxylic acids is 1. The maximum Gasteiger partial charge on any atom is 0.310 e. The fourth-order valence-corrected chi connectivity index (χ4v) is 1.37. The van der Waals surface area contributed by atoms with Crippen molar-refractivity contribution in [2.45, 2.75) is 13.3 Å². The molecule has 1 heterocycles. The first-order valence-electron chi connectivity index (χ1n) is 3.46. The standard InChI is InChI=1S/C7H13NO2/c1-7(6(9)10)3-4-8(2)5-7/h3-5H2,1-2H3,(H,9,10)/t7-/m0/s1. The molecule has 1 rings (SSSR count). The van der Waals surface area contributed by atoms with E-state index in [-0.39, 0.29) is 0 Å². The Morgan fingerprint density at radius 1 is 1.70 bits per heavy atom. The molecule has 0 spiro atoms. The minimum absolute atomic E-state index is 0.491. The zero-order valence-electron chi connectivity index (χ0n) is 6.42. The van der Waals surface area contributed by atoms with Crippen molar-refractivity contribution in [1.29, 1.82) is 0 Å². The third-order valence-electron chi connectivity index (χ3n) is 2.18. The molecule has 1 aliphatic heterocycles. The molecular weight excluding hydrogens is 130 g/mol. The van der Waals surface area contributed by atoms with Crippen LogP contribution in [0, 0.1) is 5.41 Å². The van der Waals surface area contributed by atoms with Crippen molar-refractivity contribution in [3.8, 4) is 0 Å². The van der Waals surface area contributed by atoms with Gasteiger partial charge in [-0.15, -0.1) is 0 Å². The average molecular weight is 143 g/mol. The Labute approximate surface area is 60.6 Å². The predicted molar refractivity (Wildman–Crippen MR) is 37.9 cm³/mol. The highest BCUT2D eigenvalue weighted by molar-refractivity contribution is 5.74. The van der Waals surface area contributed by atoms with E-state index in [2.05, 4.69) is 0 Å². The van der Waals surface area contributed by atoms with Crippen LogP contribution < -0.4 is 0 Å². The van der Waals surface area contributed by atoms with Crippen LogP contribution in [0.15, 0.2) is 0 Å². The Morgan fingerprint density at radius 2 is 2.30 bits per heavy atom. The van der Waals surface area contributed by atoms with Crippen LogP contribution in [0.25, 0.3) is 0 Å². The van der Waals surface area contributed by atoms with Gasteiger partial charge in [0.25, 0.3) is 0 Å². The van der Waals surface area contributed by atoms with Gasteiger partial charge in [-0.25, -0.2) is 0 Å². The second-order valence-electron chi connectivity index (χ2n) is 3.35. The number of likely N-dealkylation sites (tertiary alicyclic amines) is 1. The van der Waals surface area contributed by atoms with Crippen molar-refractivity contribution in [1.82, 2.24) is 4.90 Å². The second kappa shape index (κ2) is 2.23. The summed E-state index contributed by atoms with van der Waals surface area (Å²) in [6.07, 6.45) is 0.777. The number of carbonyl (C=O) groups is 1. The van der Waals surface area contributed by atoms with Gasteiger partial charge in [0.15, 0.2) is 0 Å². The highest BCUT2D eigenvalue weighted by atomic mass is 16.4. The molecule has 0 aromatic rings. The number of rotatable bonds is 1. The van der Waals surface area contributed by atoms with Gasteiger partial charge < -0.3 is 10.0 Å². The summed E-state index contributed by atoms with van der Waals surface area (Å²) in [5.74, 6) is -0.670. The third kappa shape index (κ3) is 1.14. The van der Waals surface area contributed by atoms with Gasteiger partial charge in [0, 0.05) is 6.54 Å². The van der Waals surface area contributed by atoms with Crippen LogP contribution >= 0.6 is 0 Å². The minimum atomic E-state index is -0.670. The van der Waals surface area contributed by atoms with Crippen molar-refractivity contribution >= 4 is 5.97 Å². The molecule has 1 N–H and O–H groups in total. The summed E-state index contributed by atoms with van der Waals surface area (Å²) in [7, 11) is 1.95. The molecule has 3 nitrogen and oxygen atoms in total. The summed E-state index contributed by atoms with van der Waals surface area (Å²) >= 11 is 0. The second-order valence-corrected chi connectivity index (χ2v) is 3.35. The topological polar surface area (TPSA) is 40.5 Å². The normalized spacial score (nSPS) is 34.6. The van der Waals surface area contributed by atoms with Gasteiger partial charge in [0.2, 0.25) is 0 Å². The number of nitrogens with zero attached hydrogens (tertiary/aromatic N) is 1. The molecule has 0 unspecified atom stereocenters. The van der Waals surface area contributed by atoms with Gasteiger partial charge in [-0.05, 0) is 26.9 Å². The van der Waals surface area contributed by atoms with Gasteiger partial charge in [0.05, 0.1) is 5.41 Å². The first-order valence-corrected chi connectivity index (χ1v) is 3.46. The molecule has 10 heavy (non-hydrogen) atoms. The molecule has 1 saturated heterocycles. The zero-order valence-corrected chi connectivity index (χ0v) is 6.42. The smallest absolute Gasteiger partial charge is 0.310 e. The van der Waals surface area contributed by atoms with Crippen molar-refractivity contribution in [3.05, 3.63) is 0 Å². The number of hydrogen-bond acceptors (Lipinski definition) is 2. The van der Waals surface area contributed by atoms with Crippen molar-refractivity contribution in [3.63, 3.8) is 0 Å². The molecule has 0 bridgehead atoms. The maximum absolute atomic E-state index is 10.6. The zero-order chi connectivity index (χ0) is 7.78. The molecule has 0 aromatic carbocycles. The summed E-state index contributed by atoms with van der Waals surface area (Å²) in [4.78, 5) is 12.7. The summed E-state index contributed by atoms with van der Waals surface area (Å²) in [6, 6.07) is 0. The van der Waals surface area contributed by atoms with Crippen LogP contribution in [-0.2, 0) is 4.79 Å². The highest BCUT2D eigenvalue weighted by Crippen LogP contribution is 2.28. The Bertz CT molecular complexity index is 158. The molecule has 1 aliphatic rings. The fraction of sp³-hybridized carbons (Fsp3) is 0.857. The van der Waals surface area contributed by atoms with E-state index in [9.17, 15) is 4.79 Å². The number of hydrogen-bond donors (Lipinski definition) is 1. The van der Waals surface area contributed by atoms with E-state index in [1.807, 2.05) is 11.9 Å². The summed E-state index contributed by atoms with van der Waals surface area (Å²) in [6.45, 7) is 3.39. The van der Waals surface area contributed by atoms with Gasteiger partial charge in [0.1, 0.15) is 0 Å². The lowest BCUT2D eigenvalue weighted by Crippen LogP contribution is -2.30. The van der Waals surface area contributed by atoms with E-state index >= 15 is 0 Å². The first-order chi connectivity index (χ1) is 4.54. The lowest BCUT2D eigenvalue weighted by atomic mass is 9.90. The Balaban J connectivity index is 2.63. The monoisotopic (exact) mass is 143 g/mol. The molecule has 3 heteroatoms. The first kappa shape index (κ1) is 7.54. The minimum Gasteiger partial charge on any atom is -0.481 e. The molecular formula is C7H13NO2. The number of carboxylic acid groups (broad SMARTS) is 1. The molecule has 0 saturated carbocycles. The Morgan fingerprint density at radius 3 is 2.50 bits per heavy atom. The number of aliphatic carboxylic acids is 1. The van der Waals surface area contributed by atoms with Crippen LogP contribution in [0.2, 0.25) is 0 Å². The maximum atomic E-state index is 10.6. The predicted octanol–water partition coefficient (Wildman–Crippen LogP) is 0.413. The van der Waals surface area contributed by atoms with Gasteiger partial charge in [-0.1, -0.05) is 0 Å². The van der Waals surface area contributed by atoms with Crippen molar-refractivity contribution in [2.24, 2.45) is 5.41 Å². The van der Waals surface area contributed by atoms with Gasteiger partial charge >= 0.3 is 5.97 Å². The van der Waals surface area contributed by atoms with Crippen LogP contribution in [0.3, 0.4) is 0 Å². The highest BCUT2D eigenvalue weighted by Gasteiger charge is 2.38. The lowest BCUT2D eigenvalue weighted by Gasteiger charge is -2.16. The molecule has 0 amide bonds. The molecule has 1 atom stereocenters. The van der Waals surface area contributed by atoms with Crippen LogP contribution in [0.5, 0.6) is 0 Å². The quantitative estimate of drug-likeness (QED) is 0.578. The van der Waals surface area contributed by atoms with Crippen molar-refractivity contribution < 1.29 is 9.90 Å². The van der Waals surface area contributed by atoms with Crippen molar-refractivity contribution in [2.75, 3.05) is 20.1 Å². The molecule has 1 fully saturated rings. The van der Waals surface area contributed by atoms with E-state index in [0.29, 0.717) is 6.54 Å². The van der Waals surface area contributed by atoms with E-state index in [4.69, 9.17) is 5.11 Å². The fourth-order valence-electron chi connectivity index (χ4n) is 1.37. The summed E-state index contributed by atoms with van der Waals surface area (Å²) in [5.41, 5.74) is -0.491. The van der Waals surface area contributed by atoms with E-state index in [1.54, 1.807) is 6.92 Å². The van der Waals surface area contributed by atoms with Crippen LogP contribution in [0.4, 0.5) is 0 Å². The third-order valence-corrected chi connectivity index (χ3v) is 2.18. The Kier molecular flexibility index (Phi) is 1.68. The molecule has 0 aromatic heterocycles. The summed E-state index contributed by atoms with van der Waals surface area (Å²) in [5, 5.41) is 8.76. The molecule has 0 aliphatic carbocycles. The van der Waals surface area contributed by atoms with E-state index < -0.39 is 11.4 Å². The molecule has 58 valence electrons. The molecule has 0 radical (unpaired) electrons. The van der Waals surface area contributed by atoms with E-state index in [1.165, 1.54) is 0 Å². The lowest BCUT2D eigenvalue weighted by molar-refractivity contribution is -0.147.